The summed E-state index contributed by atoms with van der Waals surface area (Å²) in [6.45, 7) is 14.8. The van der Waals surface area contributed by atoms with Crippen molar-refractivity contribution >= 4 is 14.1 Å². The molecular weight excluding hydrogens is 613 g/mol. The number of allylic oxidation sites excluding steroid dienone is 1. The van der Waals surface area contributed by atoms with Crippen LogP contribution in [0.1, 0.15) is 101 Å². The first kappa shape index (κ1) is 36.1. The van der Waals surface area contributed by atoms with Gasteiger partial charge in [-0.15, -0.1) is 0 Å². The predicted molar refractivity (Wildman–Crippen MR) is 197 cm³/mol. The number of Topliss-reactive ketones (excluding diaryl/α,β-unsaturated/α-hetero) is 1. The highest BCUT2D eigenvalue weighted by molar-refractivity contribution is 6.74. The molecule has 48 heavy (non-hydrogen) atoms. The maximum atomic E-state index is 13.9. The number of hydrogen-bond donors (Lipinski definition) is 0. The van der Waals surface area contributed by atoms with Crippen LogP contribution in [0.15, 0.2) is 83.9 Å². The van der Waals surface area contributed by atoms with Gasteiger partial charge in [0.25, 0.3) is 0 Å². The van der Waals surface area contributed by atoms with Gasteiger partial charge < -0.3 is 18.6 Å². The highest BCUT2D eigenvalue weighted by atomic mass is 28.4. The van der Waals surface area contributed by atoms with Crippen LogP contribution >= 0.6 is 0 Å². The minimum absolute atomic E-state index is 0.0293. The monoisotopic (exact) mass is 668 g/mol. The van der Waals surface area contributed by atoms with E-state index in [1.165, 1.54) is 29.5 Å². The average Bonchev–Trinajstić information content (AvgIpc) is 3.39. The number of methoxy groups -OCH3 is 1. The summed E-state index contributed by atoms with van der Waals surface area (Å²) in [4.78, 5) is 13.9. The molecule has 3 aromatic carbocycles. The molecule has 0 radical (unpaired) electrons. The van der Waals surface area contributed by atoms with Gasteiger partial charge in [-0.1, -0.05) is 102 Å². The molecule has 2 aliphatic carbocycles. The van der Waals surface area contributed by atoms with E-state index in [1.54, 1.807) is 7.11 Å². The Balaban J connectivity index is 1.44. The van der Waals surface area contributed by atoms with E-state index in [2.05, 4.69) is 83.3 Å². The van der Waals surface area contributed by atoms with E-state index in [-0.39, 0.29) is 28.9 Å². The first-order valence-electron chi connectivity index (χ1n) is 18.0. The van der Waals surface area contributed by atoms with Crippen LogP contribution in [0.3, 0.4) is 0 Å². The Kier molecular flexibility index (Phi) is 12.0. The van der Waals surface area contributed by atoms with Crippen molar-refractivity contribution in [1.29, 1.82) is 0 Å². The third-order valence-corrected chi connectivity index (χ3v) is 15.1. The number of ketones is 1. The quantitative estimate of drug-likeness (QED) is 0.112. The van der Waals surface area contributed by atoms with Crippen molar-refractivity contribution in [2.45, 2.75) is 123 Å². The molecule has 0 amide bonds. The molecule has 0 spiro atoms. The largest absolute Gasteiger partial charge is 0.497 e. The lowest BCUT2D eigenvalue weighted by molar-refractivity contribution is -0.115. The molecule has 0 aliphatic heterocycles. The maximum absolute atomic E-state index is 13.9. The van der Waals surface area contributed by atoms with E-state index in [1.807, 2.05) is 30.3 Å². The van der Waals surface area contributed by atoms with Crippen molar-refractivity contribution < 1.29 is 23.4 Å². The van der Waals surface area contributed by atoms with E-state index in [9.17, 15) is 4.79 Å². The fraction of sp³-hybridized carbons (Fsp3) is 0.500. The smallest absolute Gasteiger partial charge is 0.193 e. The number of rotatable bonds is 16. The summed E-state index contributed by atoms with van der Waals surface area (Å²) in [5.74, 6) is 2.13. The first-order valence-corrected chi connectivity index (χ1v) is 20.9. The molecular formula is C42H56O5Si. The van der Waals surface area contributed by atoms with Gasteiger partial charge in [-0.3, -0.25) is 4.79 Å². The summed E-state index contributed by atoms with van der Waals surface area (Å²) in [5.41, 5.74) is 6.82. The number of ether oxygens (including phenoxy) is 3. The molecule has 1 unspecified atom stereocenters. The zero-order valence-electron chi connectivity index (χ0n) is 30.3. The van der Waals surface area contributed by atoms with E-state index in [0.29, 0.717) is 19.6 Å². The van der Waals surface area contributed by atoms with Crippen molar-refractivity contribution in [3.63, 3.8) is 0 Å². The standard InChI is InChI=1S/C42H56O5Si/c1-8-9-11-17-34(45-28-30-15-12-10-13-16-30)24-25-36-38(43)27-32-26-37-35(41(40(32)36)47-48(6,7)42(2,3)4)18-14-19-39(37)46-29-31-20-22-33(44-5)23-21-31/h10,12-16,18-23,32,34,41H,8-9,11,17,24-29H2,1-7H3/t32-,34?,41+/m0/s1. The second-order valence-corrected chi connectivity index (χ2v) is 19.9. The second kappa shape index (κ2) is 16.0. The zero-order valence-corrected chi connectivity index (χ0v) is 31.3. The van der Waals surface area contributed by atoms with Crippen LogP contribution in [0.4, 0.5) is 0 Å². The predicted octanol–water partition coefficient (Wildman–Crippen LogP) is 10.7. The molecule has 2 aliphatic rings. The van der Waals surface area contributed by atoms with Gasteiger partial charge in [0.1, 0.15) is 18.1 Å². The average molecular weight is 669 g/mol. The van der Waals surface area contributed by atoms with Gasteiger partial charge in [-0.05, 0) is 95.8 Å². The van der Waals surface area contributed by atoms with Crippen LogP contribution in [0.5, 0.6) is 11.5 Å². The number of fused-ring (bicyclic) bond motifs is 2. The summed E-state index contributed by atoms with van der Waals surface area (Å²) in [5, 5.41) is 0.0293. The number of benzene rings is 3. The molecule has 0 aromatic heterocycles. The summed E-state index contributed by atoms with van der Waals surface area (Å²) >= 11 is 0. The molecule has 0 saturated heterocycles. The molecule has 0 fully saturated rings. The van der Waals surface area contributed by atoms with Gasteiger partial charge >= 0.3 is 0 Å². The molecule has 0 N–H and O–H groups in total. The normalized spacial score (nSPS) is 18.4. The van der Waals surface area contributed by atoms with Gasteiger partial charge in [-0.2, -0.15) is 0 Å². The van der Waals surface area contributed by atoms with Crippen molar-refractivity contribution in [3.05, 3.63) is 106 Å². The summed E-state index contributed by atoms with van der Waals surface area (Å²) < 4.78 is 25.7. The van der Waals surface area contributed by atoms with Crippen molar-refractivity contribution in [3.8, 4) is 11.5 Å². The number of carbonyl (C=O) groups is 1. The molecule has 258 valence electrons. The Morgan fingerprint density at radius 2 is 1.58 bits per heavy atom. The minimum Gasteiger partial charge on any atom is -0.497 e. The molecule has 0 bridgehead atoms. The van der Waals surface area contributed by atoms with Gasteiger partial charge in [0.05, 0.1) is 25.9 Å². The lowest BCUT2D eigenvalue weighted by Crippen LogP contribution is -2.43. The SMILES string of the molecule is CCCCCC(CCC1=C2[C@H](CC1=O)Cc1c(OCc3ccc(OC)cc3)cccc1[C@H]2O[Si](C)(C)C(C)(C)C)OCc1ccccc1. The fourth-order valence-corrected chi connectivity index (χ4v) is 8.00. The molecule has 5 nitrogen and oxygen atoms in total. The van der Waals surface area contributed by atoms with Crippen LogP contribution in [0.25, 0.3) is 0 Å². The fourth-order valence-electron chi connectivity index (χ4n) is 6.81. The number of carbonyl (C=O) groups excluding carboxylic acids is 1. The minimum atomic E-state index is -2.21. The number of unbranched alkanes of at least 4 members (excludes halogenated alkanes) is 2. The molecule has 6 heteroatoms. The topological polar surface area (TPSA) is 54.0 Å². The summed E-state index contributed by atoms with van der Waals surface area (Å²) in [6, 6.07) is 24.8. The Bertz CT molecular complexity index is 1540. The van der Waals surface area contributed by atoms with Gasteiger partial charge in [0.15, 0.2) is 14.1 Å². The Hall–Kier alpha value is -3.19. The van der Waals surface area contributed by atoms with E-state index in [4.69, 9.17) is 18.6 Å². The lowest BCUT2D eigenvalue weighted by atomic mass is 9.78. The van der Waals surface area contributed by atoms with E-state index >= 15 is 0 Å². The highest BCUT2D eigenvalue weighted by Gasteiger charge is 2.47. The van der Waals surface area contributed by atoms with Crippen LogP contribution in [0.2, 0.25) is 18.1 Å². The Morgan fingerprint density at radius 3 is 2.27 bits per heavy atom. The molecule has 3 atom stereocenters. The third kappa shape index (κ3) is 8.69. The van der Waals surface area contributed by atoms with Crippen LogP contribution in [-0.2, 0) is 33.6 Å². The van der Waals surface area contributed by atoms with Crippen molar-refractivity contribution in [2.75, 3.05) is 7.11 Å². The van der Waals surface area contributed by atoms with Crippen LogP contribution < -0.4 is 9.47 Å². The lowest BCUT2D eigenvalue weighted by Gasteiger charge is -2.43. The van der Waals surface area contributed by atoms with Crippen LogP contribution in [0, 0.1) is 5.92 Å². The summed E-state index contributed by atoms with van der Waals surface area (Å²) in [7, 11) is -0.531. The van der Waals surface area contributed by atoms with Gasteiger partial charge in [-0.25, -0.2) is 0 Å². The second-order valence-electron chi connectivity index (χ2n) is 15.1. The van der Waals surface area contributed by atoms with Crippen molar-refractivity contribution in [1.82, 2.24) is 0 Å². The Labute approximate surface area is 290 Å². The molecule has 0 saturated carbocycles. The highest BCUT2D eigenvalue weighted by Crippen LogP contribution is 2.53. The van der Waals surface area contributed by atoms with Gasteiger partial charge in [0, 0.05) is 12.0 Å². The third-order valence-electron chi connectivity index (χ3n) is 10.7. The van der Waals surface area contributed by atoms with E-state index in [0.717, 1.165) is 60.3 Å². The Morgan fingerprint density at radius 1 is 0.854 bits per heavy atom. The number of hydrogen-bond acceptors (Lipinski definition) is 5. The van der Waals surface area contributed by atoms with Crippen molar-refractivity contribution in [2.24, 2.45) is 5.92 Å². The zero-order chi connectivity index (χ0) is 34.3. The first-order chi connectivity index (χ1) is 23.0. The molecule has 5 rings (SSSR count). The van der Waals surface area contributed by atoms with Gasteiger partial charge in [0.2, 0.25) is 0 Å². The summed E-state index contributed by atoms with van der Waals surface area (Å²) in [6.07, 6.45) is 7.32. The van der Waals surface area contributed by atoms with Crippen LogP contribution in [-0.4, -0.2) is 27.3 Å². The molecule has 0 heterocycles. The maximum Gasteiger partial charge on any atom is 0.193 e. The molecule has 3 aromatic rings. The van der Waals surface area contributed by atoms with E-state index < -0.39 is 8.32 Å².